The zero-order chi connectivity index (χ0) is 29.6. The van der Waals surface area contributed by atoms with Crippen molar-refractivity contribution in [3.63, 3.8) is 0 Å². The second-order valence-corrected chi connectivity index (χ2v) is 12.6. The van der Waals surface area contributed by atoms with Gasteiger partial charge in [-0.2, -0.15) is 5.10 Å². The summed E-state index contributed by atoms with van der Waals surface area (Å²) < 4.78 is 33.1. The molecule has 0 aliphatic carbocycles. The summed E-state index contributed by atoms with van der Waals surface area (Å²) in [7, 11) is -3.85. The van der Waals surface area contributed by atoms with Gasteiger partial charge < -0.3 is 14.8 Å². The Labute approximate surface area is 236 Å². The minimum atomic E-state index is -3.85. The standard InChI is InChI=1S/C27H30ClN5O6S/c1-14-9-18(16(3)30-20-7-8-21(28)31-22(20)26(35)32-40(6,37)38)25-19(10-14)23(34)15(2)24(39-25)17-11-29-33(12-17)13-27(4,5)36/h7-12,16,30,36H,13H2,1-6H3,(H,32,35). The van der Waals surface area contributed by atoms with Crippen LogP contribution < -0.4 is 15.5 Å². The fourth-order valence-electron chi connectivity index (χ4n) is 4.38. The summed E-state index contributed by atoms with van der Waals surface area (Å²) in [5.41, 5.74) is 1.61. The molecule has 0 bridgehead atoms. The number of amides is 1. The van der Waals surface area contributed by atoms with Crippen molar-refractivity contribution in [2.45, 2.75) is 52.8 Å². The van der Waals surface area contributed by atoms with E-state index in [1.54, 1.807) is 43.9 Å². The number of fused-ring (bicyclic) bond motifs is 1. The smallest absolute Gasteiger partial charge is 0.285 e. The van der Waals surface area contributed by atoms with Crippen LogP contribution in [-0.2, 0) is 16.6 Å². The molecule has 11 nitrogen and oxygen atoms in total. The number of pyridine rings is 1. The highest BCUT2D eigenvalue weighted by Crippen LogP contribution is 2.33. The van der Waals surface area contributed by atoms with Gasteiger partial charge in [-0.15, -0.1) is 0 Å². The number of sulfonamides is 1. The quantitative estimate of drug-likeness (QED) is 0.260. The van der Waals surface area contributed by atoms with Crippen LogP contribution in [0.3, 0.4) is 0 Å². The highest BCUT2D eigenvalue weighted by Gasteiger charge is 2.23. The molecule has 1 aromatic carbocycles. The number of anilines is 1. The maximum atomic E-state index is 13.5. The summed E-state index contributed by atoms with van der Waals surface area (Å²) in [6, 6.07) is 6.07. The molecule has 0 fully saturated rings. The van der Waals surface area contributed by atoms with Crippen LogP contribution in [0.4, 0.5) is 5.69 Å². The predicted molar refractivity (Wildman–Crippen MR) is 153 cm³/mol. The van der Waals surface area contributed by atoms with Gasteiger partial charge in [-0.3, -0.25) is 14.3 Å². The second kappa shape index (κ2) is 10.7. The lowest BCUT2D eigenvalue weighted by Gasteiger charge is -2.20. The van der Waals surface area contributed by atoms with Crippen molar-refractivity contribution in [1.29, 1.82) is 0 Å². The highest BCUT2D eigenvalue weighted by molar-refractivity contribution is 7.89. The SMILES string of the molecule is Cc1cc(C(C)Nc2ccc(Cl)nc2C(=O)NS(C)(=O)=O)c2oc(-c3cnn(CC(C)(C)O)c3)c(C)c(=O)c2c1. The summed E-state index contributed by atoms with van der Waals surface area (Å²) in [6.07, 6.45) is 4.14. The van der Waals surface area contributed by atoms with Crippen LogP contribution in [0, 0.1) is 13.8 Å². The minimum Gasteiger partial charge on any atom is -0.455 e. The van der Waals surface area contributed by atoms with Crippen LogP contribution in [0.2, 0.25) is 5.15 Å². The molecule has 0 saturated carbocycles. The monoisotopic (exact) mass is 587 g/mol. The van der Waals surface area contributed by atoms with Crippen LogP contribution >= 0.6 is 11.6 Å². The maximum Gasteiger partial charge on any atom is 0.285 e. The topological polar surface area (TPSA) is 156 Å². The Morgan fingerprint density at radius 3 is 2.60 bits per heavy atom. The third kappa shape index (κ3) is 6.52. The molecule has 1 unspecified atom stereocenters. The molecule has 0 aliphatic heterocycles. The van der Waals surface area contributed by atoms with Gasteiger partial charge in [0.05, 0.1) is 47.3 Å². The molecule has 3 heterocycles. The van der Waals surface area contributed by atoms with Gasteiger partial charge in [0, 0.05) is 17.3 Å². The Morgan fingerprint density at radius 1 is 1.25 bits per heavy atom. The van der Waals surface area contributed by atoms with Crippen molar-refractivity contribution in [3.05, 3.63) is 74.4 Å². The van der Waals surface area contributed by atoms with Gasteiger partial charge in [0.2, 0.25) is 10.0 Å². The van der Waals surface area contributed by atoms with Gasteiger partial charge in [0.25, 0.3) is 5.91 Å². The van der Waals surface area contributed by atoms with E-state index in [4.69, 9.17) is 16.0 Å². The van der Waals surface area contributed by atoms with Gasteiger partial charge in [-0.25, -0.2) is 18.1 Å². The first-order valence-electron chi connectivity index (χ1n) is 12.3. The lowest BCUT2D eigenvalue weighted by atomic mass is 9.99. The van der Waals surface area contributed by atoms with E-state index in [1.165, 1.54) is 12.1 Å². The Morgan fingerprint density at radius 2 is 1.95 bits per heavy atom. The van der Waals surface area contributed by atoms with Crippen LogP contribution in [0.15, 0.2) is 45.9 Å². The molecule has 4 rings (SSSR count). The van der Waals surface area contributed by atoms with Gasteiger partial charge in [0.15, 0.2) is 11.1 Å². The van der Waals surface area contributed by atoms with E-state index in [-0.39, 0.29) is 28.5 Å². The number of aryl methyl sites for hydroxylation is 1. The maximum absolute atomic E-state index is 13.5. The number of carbonyl (C=O) groups is 1. The summed E-state index contributed by atoms with van der Waals surface area (Å²) in [5, 5.41) is 18.0. The van der Waals surface area contributed by atoms with Gasteiger partial charge in [0.1, 0.15) is 16.5 Å². The highest BCUT2D eigenvalue weighted by atomic mass is 35.5. The summed E-state index contributed by atoms with van der Waals surface area (Å²) in [6.45, 7) is 8.94. The Bertz CT molecular complexity index is 1790. The molecule has 3 N–H and O–H groups in total. The van der Waals surface area contributed by atoms with E-state index in [9.17, 15) is 23.1 Å². The van der Waals surface area contributed by atoms with Gasteiger partial charge in [-0.1, -0.05) is 17.7 Å². The van der Waals surface area contributed by atoms with Crippen molar-refractivity contribution in [1.82, 2.24) is 19.5 Å². The Kier molecular flexibility index (Phi) is 7.81. The first-order chi connectivity index (χ1) is 18.5. The zero-order valence-corrected chi connectivity index (χ0v) is 24.4. The minimum absolute atomic E-state index is 0.00843. The van der Waals surface area contributed by atoms with Gasteiger partial charge >= 0.3 is 0 Å². The fraction of sp³-hybridized carbons (Fsp3) is 0.333. The zero-order valence-electron chi connectivity index (χ0n) is 22.9. The number of hydrogen-bond acceptors (Lipinski definition) is 9. The average molecular weight is 588 g/mol. The number of nitrogens with zero attached hydrogens (tertiary/aromatic N) is 3. The van der Waals surface area contributed by atoms with Crippen LogP contribution in [0.25, 0.3) is 22.3 Å². The molecule has 1 atom stereocenters. The lowest BCUT2D eigenvalue weighted by molar-refractivity contribution is 0.0577. The number of benzene rings is 1. The van der Waals surface area contributed by atoms with Crippen molar-refractivity contribution >= 4 is 44.2 Å². The van der Waals surface area contributed by atoms with E-state index in [2.05, 4.69) is 15.4 Å². The fourth-order valence-corrected chi connectivity index (χ4v) is 4.96. The number of aromatic nitrogens is 3. The van der Waals surface area contributed by atoms with Crippen molar-refractivity contribution in [2.24, 2.45) is 0 Å². The molecule has 0 aliphatic rings. The van der Waals surface area contributed by atoms with E-state index in [0.717, 1.165) is 11.8 Å². The molecular weight excluding hydrogens is 558 g/mol. The largest absolute Gasteiger partial charge is 0.455 e. The average Bonchev–Trinajstić information content (AvgIpc) is 3.27. The molecular formula is C27H30ClN5O6S. The molecule has 4 aromatic rings. The van der Waals surface area contributed by atoms with Crippen molar-refractivity contribution < 1.29 is 22.7 Å². The van der Waals surface area contributed by atoms with E-state index in [1.807, 2.05) is 24.6 Å². The number of carbonyl (C=O) groups excluding carboxylic acids is 1. The van der Waals surface area contributed by atoms with Crippen LogP contribution in [0.5, 0.6) is 0 Å². The first kappa shape index (κ1) is 29.2. The molecule has 3 aromatic heterocycles. The third-order valence-corrected chi connectivity index (χ3v) is 6.80. The molecule has 13 heteroatoms. The summed E-state index contributed by atoms with van der Waals surface area (Å²) in [4.78, 5) is 30.1. The number of nitrogens with one attached hydrogen (secondary N) is 2. The Balaban J connectivity index is 1.80. The third-order valence-electron chi connectivity index (χ3n) is 6.03. The van der Waals surface area contributed by atoms with E-state index >= 15 is 0 Å². The molecule has 1 amide bonds. The molecule has 40 heavy (non-hydrogen) atoms. The van der Waals surface area contributed by atoms with Gasteiger partial charge in [-0.05, 0) is 58.4 Å². The number of rotatable bonds is 8. The first-order valence-corrected chi connectivity index (χ1v) is 14.6. The normalized spacial score (nSPS) is 12.9. The van der Waals surface area contributed by atoms with E-state index in [0.29, 0.717) is 33.4 Å². The predicted octanol–water partition coefficient (Wildman–Crippen LogP) is 3.96. The number of aliphatic hydroxyl groups is 1. The Hall–Kier alpha value is -3.74. The molecule has 212 valence electrons. The number of halogens is 1. The second-order valence-electron chi connectivity index (χ2n) is 10.5. The van der Waals surface area contributed by atoms with Crippen LogP contribution in [-0.4, -0.2) is 46.1 Å². The van der Waals surface area contributed by atoms with Crippen LogP contribution in [0.1, 0.15) is 54.0 Å². The molecule has 0 saturated heterocycles. The molecule has 0 spiro atoms. The summed E-state index contributed by atoms with van der Waals surface area (Å²) >= 11 is 5.99. The van der Waals surface area contributed by atoms with Crippen molar-refractivity contribution in [3.8, 4) is 11.3 Å². The molecule has 0 radical (unpaired) electrons. The number of hydrogen-bond donors (Lipinski definition) is 3. The van der Waals surface area contributed by atoms with Crippen molar-refractivity contribution in [2.75, 3.05) is 11.6 Å². The van der Waals surface area contributed by atoms with E-state index < -0.39 is 27.6 Å². The summed E-state index contributed by atoms with van der Waals surface area (Å²) in [5.74, 6) is -0.598. The lowest BCUT2D eigenvalue weighted by Crippen LogP contribution is -2.31.